The zero-order chi connectivity index (χ0) is 33.3. The van der Waals surface area contributed by atoms with Crippen LogP contribution in [0.1, 0.15) is 44.7 Å². The van der Waals surface area contributed by atoms with Gasteiger partial charge in [-0.25, -0.2) is 41.9 Å². The van der Waals surface area contributed by atoms with E-state index in [0.29, 0.717) is 11.1 Å². The molecule has 0 bridgehead atoms. The van der Waals surface area contributed by atoms with Gasteiger partial charge in [-0.2, -0.15) is 12.2 Å². The Labute approximate surface area is 287 Å². The van der Waals surface area contributed by atoms with Crippen molar-refractivity contribution in [2.24, 2.45) is 0 Å². The van der Waals surface area contributed by atoms with E-state index in [1.165, 1.54) is 0 Å². The number of nitrogens with one attached hydrogen (secondary N) is 2. The number of benzene rings is 4. The van der Waals surface area contributed by atoms with E-state index in [2.05, 4.69) is 34.9 Å². The third kappa shape index (κ3) is 14.0. The van der Waals surface area contributed by atoms with Gasteiger partial charge in [-0.05, 0) is 49.5 Å². The van der Waals surface area contributed by atoms with Crippen molar-refractivity contribution in [3.63, 3.8) is 0 Å². The molecule has 6 rings (SSSR count). The Hall–Kier alpha value is -4.79. The summed E-state index contributed by atoms with van der Waals surface area (Å²) < 4.78 is 51.8. The molecule has 0 spiro atoms. The van der Waals surface area contributed by atoms with Gasteiger partial charge in [0, 0.05) is 34.4 Å². The number of rotatable bonds is 4. The molecule has 0 aliphatic heterocycles. The molecule has 47 heavy (non-hydrogen) atoms. The molecule has 2 amide bonds. The zero-order valence-electron chi connectivity index (χ0n) is 25.6. The summed E-state index contributed by atoms with van der Waals surface area (Å²) in [6.45, 7) is 3.80. The summed E-state index contributed by atoms with van der Waals surface area (Å²) in [4.78, 5) is 23.6. The number of anilines is 2. The Morgan fingerprint density at radius 1 is 0.574 bits per heavy atom. The van der Waals surface area contributed by atoms with Crippen LogP contribution >= 0.6 is 0 Å². The van der Waals surface area contributed by atoms with Crippen LogP contribution in [-0.4, -0.2) is 11.8 Å². The number of carbonyl (C=O) groups excluding carboxylic acids is 2. The Morgan fingerprint density at radius 3 is 1.19 bits per heavy atom. The third-order valence-electron chi connectivity index (χ3n) is 6.02. The third-order valence-corrected chi connectivity index (χ3v) is 6.02. The van der Waals surface area contributed by atoms with Crippen molar-refractivity contribution in [1.29, 1.82) is 0 Å². The van der Waals surface area contributed by atoms with Gasteiger partial charge >= 0.3 is 21.7 Å². The summed E-state index contributed by atoms with van der Waals surface area (Å²) in [7, 11) is 0. The molecule has 0 fully saturated rings. The van der Waals surface area contributed by atoms with Crippen LogP contribution in [0.25, 0.3) is 0 Å². The van der Waals surface area contributed by atoms with Crippen molar-refractivity contribution in [2.75, 3.05) is 10.6 Å². The molecule has 0 saturated carbocycles. The normalized spacial score (nSPS) is 11.5. The largest absolute Gasteiger partial charge is 4.00 e. The number of hydrogen-bond donors (Lipinski definition) is 2. The molecule has 0 atom stereocenters. The first kappa shape index (κ1) is 38.4. The SMILES string of the molecule is Cc1ccc(C(=O)Nc2ccc(F)[c-]c2F)cc1.Cc1ccc(C(=O)Nc2ccc(F)[c-]c2F)cc1.[C-]1=CC=CC1.[C-]1=CC=CC1.[Ti+4]. The number of aryl methyl sites for hydroxylation is 2. The molecule has 4 aromatic carbocycles. The van der Waals surface area contributed by atoms with Crippen molar-refractivity contribution < 1.29 is 48.9 Å². The first-order chi connectivity index (χ1) is 22.1. The molecule has 0 radical (unpaired) electrons. The maximum Gasteiger partial charge on any atom is 4.00 e. The monoisotopic (exact) mass is 670 g/mol. The molecule has 0 heterocycles. The fourth-order valence-corrected chi connectivity index (χ4v) is 3.56. The van der Waals surface area contributed by atoms with E-state index in [4.69, 9.17) is 0 Å². The van der Waals surface area contributed by atoms with Gasteiger partial charge in [-0.15, -0.1) is 49.2 Å². The van der Waals surface area contributed by atoms with Crippen LogP contribution in [-0.2, 0) is 21.7 Å². The van der Waals surface area contributed by atoms with Crippen LogP contribution in [0.4, 0.5) is 28.9 Å². The molecule has 0 saturated heterocycles. The summed E-state index contributed by atoms with van der Waals surface area (Å²) in [5.41, 5.74) is 2.67. The van der Waals surface area contributed by atoms with Crippen LogP contribution in [0.3, 0.4) is 0 Å². The average Bonchev–Trinajstić information content (AvgIpc) is 3.81. The van der Waals surface area contributed by atoms with Crippen molar-refractivity contribution in [1.82, 2.24) is 0 Å². The van der Waals surface area contributed by atoms with Crippen molar-refractivity contribution in [3.8, 4) is 0 Å². The number of allylic oxidation sites excluding steroid dienone is 8. The predicted octanol–water partition coefficient (Wildman–Crippen LogP) is 9.26. The first-order valence-corrected chi connectivity index (χ1v) is 14.1. The van der Waals surface area contributed by atoms with Crippen LogP contribution in [0, 0.1) is 61.4 Å². The maximum absolute atomic E-state index is 13.3. The van der Waals surface area contributed by atoms with E-state index in [1.807, 2.05) is 50.3 Å². The van der Waals surface area contributed by atoms with Gasteiger partial charge in [0.25, 0.3) is 0 Å². The van der Waals surface area contributed by atoms with E-state index >= 15 is 0 Å². The second kappa shape index (κ2) is 20.4. The summed E-state index contributed by atoms with van der Waals surface area (Å²) in [6, 6.07) is 21.8. The molecule has 2 aliphatic rings. The molecule has 2 aliphatic carbocycles. The standard InChI is InChI=1S/2C14H10F2NO.2C5H5.Ti/c2*1-9-2-4-10(5-3-9)14(18)17-13-7-6-11(15)8-12(13)16;2*1-2-4-5-3-1;/h2*2-7H,1H3,(H,17,18);2*1-3H,4H2;/q4*-1;+4. The fourth-order valence-electron chi connectivity index (χ4n) is 3.56. The van der Waals surface area contributed by atoms with Crippen molar-refractivity contribution >= 4 is 23.2 Å². The Balaban J connectivity index is 0.000000248. The molecule has 236 valence electrons. The molecule has 4 nitrogen and oxygen atoms in total. The maximum atomic E-state index is 13.3. The molecule has 0 unspecified atom stereocenters. The molecule has 4 aromatic rings. The Bertz CT molecular complexity index is 1580. The Kier molecular flexibility index (Phi) is 16.6. The van der Waals surface area contributed by atoms with E-state index in [0.717, 1.165) is 48.2 Å². The van der Waals surface area contributed by atoms with E-state index in [-0.39, 0.29) is 33.1 Å². The predicted molar refractivity (Wildman–Crippen MR) is 172 cm³/mol. The van der Waals surface area contributed by atoms with Crippen LogP contribution in [0.5, 0.6) is 0 Å². The second-order valence-corrected chi connectivity index (χ2v) is 9.71. The minimum absolute atomic E-state index is 0. The fraction of sp³-hybridized carbons (Fsp3) is 0.105. The topological polar surface area (TPSA) is 58.2 Å². The summed E-state index contributed by atoms with van der Waals surface area (Å²) in [5.74, 6) is -4.35. The van der Waals surface area contributed by atoms with Gasteiger partial charge in [-0.1, -0.05) is 35.4 Å². The van der Waals surface area contributed by atoms with Crippen molar-refractivity contribution in [3.05, 3.63) is 179 Å². The molecular formula is C38H30F4N2O2Ti. The summed E-state index contributed by atoms with van der Waals surface area (Å²) >= 11 is 0. The van der Waals surface area contributed by atoms with E-state index < -0.39 is 35.1 Å². The van der Waals surface area contributed by atoms with Gasteiger partial charge in [0.1, 0.15) is 0 Å². The van der Waals surface area contributed by atoms with Crippen LogP contribution in [0.2, 0.25) is 0 Å². The van der Waals surface area contributed by atoms with E-state index in [1.54, 1.807) is 48.5 Å². The number of carbonyl (C=O) groups is 2. The average molecular weight is 671 g/mol. The van der Waals surface area contributed by atoms with Crippen LogP contribution < -0.4 is 10.6 Å². The first-order valence-electron chi connectivity index (χ1n) is 14.1. The number of hydrogen-bond acceptors (Lipinski definition) is 2. The number of halogens is 4. The summed E-state index contributed by atoms with van der Waals surface area (Å²) in [6.07, 6.45) is 20.0. The molecular weight excluding hydrogens is 640 g/mol. The quantitative estimate of drug-likeness (QED) is 0.129. The molecule has 0 aromatic heterocycles. The van der Waals surface area contributed by atoms with Gasteiger partial charge in [0.05, 0.1) is 0 Å². The van der Waals surface area contributed by atoms with Gasteiger partial charge < -0.3 is 10.6 Å². The second-order valence-electron chi connectivity index (χ2n) is 9.71. The van der Waals surface area contributed by atoms with Crippen LogP contribution in [0.15, 0.2) is 109 Å². The van der Waals surface area contributed by atoms with E-state index in [9.17, 15) is 27.2 Å². The van der Waals surface area contributed by atoms with Gasteiger partial charge in [0.2, 0.25) is 11.8 Å². The zero-order valence-corrected chi connectivity index (χ0v) is 27.2. The van der Waals surface area contributed by atoms with Gasteiger partial charge in [-0.3, -0.25) is 21.7 Å². The minimum Gasteiger partial charge on any atom is -0.373 e. The molecule has 9 heteroatoms. The van der Waals surface area contributed by atoms with Gasteiger partial charge in [0.15, 0.2) is 0 Å². The smallest absolute Gasteiger partial charge is 0.373 e. The minimum atomic E-state index is -0.921. The molecule has 2 N–H and O–H groups in total. The van der Waals surface area contributed by atoms with Crippen molar-refractivity contribution in [2.45, 2.75) is 26.7 Å². The summed E-state index contributed by atoms with van der Waals surface area (Å²) in [5, 5.41) is 4.72. The Morgan fingerprint density at radius 2 is 0.936 bits per heavy atom. The number of amides is 2.